The molecule has 178 valence electrons. The van der Waals surface area contributed by atoms with Gasteiger partial charge in [-0.1, -0.05) is 70.6 Å². The van der Waals surface area contributed by atoms with Crippen LogP contribution in [0.3, 0.4) is 0 Å². The van der Waals surface area contributed by atoms with Gasteiger partial charge in [0, 0.05) is 42.6 Å². The number of alkyl halides is 3. The number of hydrogen-bond acceptors (Lipinski definition) is 3. The average Bonchev–Trinajstić information content (AvgIpc) is 3.20. The van der Waals surface area contributed by atoms with Crippen molar-refractivity contribution in [2.75, 3.05) is 7.05 Å². The lowest BCUT2D eigenvalue weighted by molar-refractivity contribution is -0.275. The summed E-state index contributed by atoms with van der Waals surface area (Å²) < 4.78 is 42.6. The standard InChI is InChI=1S/C22H19Cl4F3N2O2/c1-3-4-19(32)31(2)11-13-6-5-12(7-15(13)23)18-10-21(33-30-18,22(27,28)29)14-8-16(24)20(26)17(25)9-14/h5-9H,3-4,10-11H2,1-2H3. The van der Waals surface area contributed by atoms with E-state index in [0.29, 0.717) is 22.6 Å². The molecule has 33 heavy (non-hydrogen) atoms. The van der Waals surface area contributed by atoms with Crippen molar-refractivity contribution >= 4 is 58.0 Å². The molecule has 0 spiro atoms. The molecule has 1 heterocycles. The Balaban J connectivity index is 1.89. The highest BCUT2D eigenvalue weighted by molar-refractivity contribution is 6.48. The maximum Gasteiger partial charge on any atom is 0.435 e. The summed E-state index contributed by atoms with van der Waals surface area (Å²) in [4.78, 5) is 18.6. The summed E-state index contributed by atoms with van der Waals surface area (Å²) in [6, 6.07) is 6.89. The van der Waals surface area contributed by atoms with Gasteiger partial charge < -0.3 is 9.74 Å². The lowest BCUT2D eigenvalue weighted by Gasteiger charge is -2.30. The van der Waals surface area contributed by atoms with E-state index in [1.54, 1.807) is 24.1 Å². The van der Waals surface area contributed by atoms with Crippen LogP contribution in [0.5, 0.6) is 0 Å². The molecule has 0 aliphatic carbocycles. The zero-order valence-corrected chi connectivity index (χ0v) is 20.6. The smallest absolute Gasteiger partial charge is 0.374 e. The molecule has 0 aromatic heterocycles. The van der Waals surface area contributed by atoms with Gasteiger partial charge in [-0.15, -0.1) is 0 Å². The molecule has 0 radical (unpaired) electrons. The second-order valence-corrected chi connectivity index (χ2v) is 9.29. The fourth-order valence-corrected chi connectivity index (χ4v) is 4.29. The Morgan fingerprint density at radius 2 is 1.76 bits per heavy atom. The Kier molecular flexibility index (Phi) is 7.79. The Bertz CT molecular complexity index is 1080. The number of hydrogen-bond donors (Lipinski definition) is 0. The number of carbonyl (C=O) groups is 1. The van der Waals surface area contributed by atoms with Gasteiger partial charge in [0.05, 0.1) is 20.8 Å². The minimum absolute atomic E-state index is 0.0264. The number of rotatable bonds is 6. The molecule has 11 heteroatoms. The number of oxime groups is 1. The zero-order chi connectivity index (χ0) is 24.6. The van der Waals surface area contributed by atoms with Crippen molar-refractivity contribution in [2.45, 2.75) is 44.5 Å². The van der Waals surface area contributed by atoms with Crippen LogP contribution in [-0.4, -0.2) is 29.7 Å². The van der Waals surface area contributed by atoms with E-state index in [4.69, 9.17) is 51.2 Å². The third-order valence-electron chi connectivity index (χ3n) is 5.32. The molecule has 4 nitrogen and oxygen atoms in total. The molecule has 1 aliphatic rings. The first-order chi connectivity index (χ1) is 15.4. The molecule has 0 saturated carbocycles. The van der Waals surface area contributed by atoms with Crippen LogP contribution in [0, 0.1) is 0 Å². The van der Waals surface area contributed by atoms with Crippen LogP contribution in [0.2, 0.25) is 20.1 Å². The van der Waals surface area contributed by atoms with Gasteiger partial charge in [-0.25, -0.2) is 0 Å². The Hall–Kier alpha value is -1.67. The van der Waals surface area contributed by atoms with Crippen molar-refractivity contribution in [1.29, 1.82) is 0 Å². The number of benzene rings is 2. The van der Waals surface area contributed by atoms with Crippen LogP contribution in [0.25, 0.3) is 0 Å². The van der Waals surface area contributed by atoms with Crippen molar-refractivity contribution in [3.8, 4) is 0 Å². The van der Waals surface area contributed by atoms with E-state index < -0.39 is 18.2 Å². The summed E-state index contributed by atoms with van der Waals surface area (Å²) >= 11 is 24.2. The normalized spacial score (nSPS) is 18.2. The fraction of sp³-hybridized carbons (Fsp3) is 0.364. The van der Waals surface area contributed by atoms with Crippen LogP contribution in [0.1, 0.15) is 42.9 Å². The molecule has 0 bridgehead atoms. The highest BCUT2D eigenvalue weighted by Crippen LogP contribution is 2.50. The highest BCUT2D eigenvalue weighted by atomic mass is 35.5. The molecule has 2 aromatic carbocycles. The summed E-state index contributed by atoms with van der Waals surface area (Å²) in [5.74, 6) is -0.0264. The minimum Gasteiger partial charge on any atom is -0.374 e. The van der Waals surface area contributed by atoms with Gasteiger partial charge in [-0.2, -0.15) is 13.2 Å². The molecule has 3 rings (SSSR count). The fourth-order valence-electron chi connectivity index (χ4n) is 3.45. The number of carbonyl (C=O) groups excluding carboxylic acids is 1. The van der Waals surface area contributed by atoms with Crippen molar-refractivity contribution in [3.05, 3.63) is 67.1 Å². The molecule has 1 atom stereocenters. The van der Waals surface area contributed by atoms with E-state index in [1.807, 2.05) is 6.92 Å². The predicted octanol–water partition coefficient (Wildman–Crippen LogP) is 7.64. The van der Waals surface area contributed by atoms with Crippen molar-refractivity contribution < 1.29 is 22.8 Å². The summed E-state index contributed by atoms with van der Waals surface area (Å²) in [7, 11) is 1.66. The Labute approximate surface area is 209 Å². The Morgan fingerprint density at radius 1 is 1.12 bits per heavy atom. The van der Waals surface area contributed by atoms with Crippen LogP contribution < -0.4 is 0 Å². The molecule has 0 fully saturated rings. The molecule has 1 aliphatic heterocycles. The van der Waals surface area contributed by atoms with Gasteiger partial charge in [0.1, 0.15) is 0 Å². The third-order valence-corrected chi connectivity index (χ3v) is 6.87. The summed E-state index contributed by atoms with van der Waals surface area (Å²) in [6.07, 6.45) is -4.31. The first-order valence-electron chi connectivity index (χ1n) is 9.89. The van der Waals surface area contributed by atoms with E-state index in [-0.39, 0.29) is 38.8 Å². The maximum atomic E-state index is 14.2. The quantitative estimate of drug-likeness (QED) is 0.352. The number of amides is 1. The van der Waals surface area contributed by atoms with Gasteiger partial charge in [-0.3, -0.25) is 4.79 Å². The first kappa shape index (κ1) is 25.9. The van der Waals surface area contributed by atoms with Crippen molar-refractivity contribution in [1.82, 2.24) is 4.90 Å². The van der Waals surface area contributed by atoms with Gasteiger partial charge in [0.2, 0.25) is 5.91 Å². The second kappa shape index (κ2) is 9.90. The molecular formula is C22H19Cl4F3N2O2. The van der Waals surface area contributed by atoms with Gasteiger partial charge in [-0.05, 0) is 30.2 Å². The predicted molar refractivity (Wildman–Crippen MR) is 124 cm³/mol. The lowest BCUT2D eigenvalue weighted by Crippen LogP contribution is -2.42. The zero-order valence-electron chi connectivity index (χ0n) is 17.6. The van der Waals surface area contributed by atoms with Crippen molar-refractivity contribution in [3.63, 3.8) is 0 Å². The molecule has 1 amide bonds. The largest absolute Gasteiger partial charge is 0.435 e. The summed E-state index contributed by atoms with van der Waals surface area (Å²) in [5, 5.41) is 3.71. The molecule has 0 N–H and O–H groups in total. The van der Waals surface area contributed by atoms with Gasteiger partial charge in [0.15, 0.2) is 0 Å². The van der Waals surface area contributed by atoms with Gasteiger partial charge >= 0.3 is 6.18 Å². The molecule has 0 saturated heterocycles. The molecule has 1 unspecified atom stereocenters. The topological polar surface area (TPSA) is 41.9 Å². The van der Waals surface area contributed by atoms with E-state index in [9.17, 15) is 18.0 Å². The molecular weight excluding hydrogens is 523 g/mol. The van der Waals surface area contributed by atoms with E-state index in [1.165, 1.54) is 6.07 Å². The summed E-state index contributed by atoms with van der Waals surface area (Å²) in [6.45, 7) is 2.18. The lowest BCUT2D eigenvalue weighted by atomic mass is 9.86. The number of nitrogens with zero attached hydrogens (tertiary/aromatic N) is 2. The average molecular weight is 542 g/mol. The van der Waals surface area contributed by atoms with Gasteiger partial charge in [0.25, 0.3) is 5.60 Å². The van der Waals surface area contributed by atoms with Crippen molar-refractivity contribution in [2.24, 2.45) is 5.16 Å². The summed E-state index contributed by atoms with van der Waals surface area (Å²) in [5.41, 5.74) is -2.02. The van der Waals surface area contributed by atoms with Crippen LogP contribution in [-0.2, 0) is 21.8 Å². The minimum atomic E-state index is -4.83. The van der Waals surface area contributed by atoms with E-state index in [2.05, 4.69) is 5.16 Å². The maximum absolute atomic E-state index is 14.2. The number of halogens is 7. The highest BCUT2D eigenvalue weighted by Gasteiger charge is 2.62. The van der Waals surface area contributed by atoms with Crippen LogP contribution >= 0.6 is 46.4 Å². The first-order valence-corrected chi connectivity index (χ1v) is 11.4. The van der Waals surface area contributed by atoms with E-state index in [0.717, 1.165) is 18.6 Å². The van der Waals surface area contributed by atoms with E-state index >= 15 is 0 Å². The third kappa shape index (κ3) is 5.21. The van der Waals surface area contributed by atoms with Crippen LogP contribution in [0.15, 0.2) is 35.5 Å². The second-order valence-electron chi connectivity index (χ2n) is 7.69. The Morgan fingerprint density at radius 3 is 2.30 bits per heavy atom. The van der Waals surface area contributed by atoms with Crippen LogP contribution in [0.4, 0.5) is 13.2 Å². The SMILES string of the molecule is CCCC(=O)N(C)Cc1ccc(C2=NOC(c3cc(Cl)c(Cl)c(Cl)c3)(C(F)(F)F)C2)cc1Cl. The molecule has 2 aromatic rings. The monoisotopic (exact) mass is 540 g/mol.